The van der Waals surface area contributed by atoms with E-state index in [1.807, 2.05) is 12.1 Å². The normalized spacial score (nSPS) is 14.0. The first-order valence-electron chi connectivity index (χ1n) is 5.64. The molecule has 0 N–H and O–H groups in total. The summed E-state index contributed by atoms with van der Waals surface area (Å²) in [6.07, 6.45) is 0.790. The first-order chi connectivity index (χ1) is 8.79. The predicted molar refractivity (Wildman–Crippen MR) is 66.6 cm³/mol. The Hall–Kier alpha value is -1.83. The van der Waals surface area contributed by atoms with Crippen LogP contribution in [0.15, 0.2) is 24.3 Å². The van der Waals surface area contributed by atoms with E-state index in [0.717, 1.165) is 23.4 Å². The highest BCUT2D eigenvalue weighted by atomic mass is 35.5. The van der Waals surface area contributed by atoms with Crippen molar-refractivity contribution in [3.63, 3.8) is 0 Å². The van der Waals surface area contributed by atoms with Crippen LogP contribution in [0.1, 0.15) is 16.8 Å². The minimum atomic E-state index is 0.518. The van der Waals surface area contributed by atoms with Crippen molar-refractivity contribution >= 4 is 11.6 Å². The maximum Gasteiger partial charge on any atom is 0.138 e. The molecule has 2 aromatic rings. The molecule has 1 aliphatic rings. The van der Waals surface area contributed by atoms with Gasteiger partial charge in [-0.3, -0.25) is 0 Å². The number of benzene rings is 1. The smallest absolute Gasteiger partial charge is 0.138 e. The number of ether oxygens (including phenoxy) is 1. The maximum absolute atomic E-state index is 8.77. The Morgan fingerprint density at radius 2 is 2.11 bits per heavy atom. The maximum atomic E-state index is 8.77. The second-order valence-corrected chi connectivity index (χ2v) is 4.45. The first kappa shape index (κ1) is 11.3. The SMILES string of the molecule is N#Cc1ccc(-n2nc3c(c2Cl)COCC3)cc1. The molecule has 4 nitrogen and oxygen atoms in total. The van der Waals surface area contributed by atoms with E-state index in [9.17, 15) is 0 Å². The fourth-order valence-electron chi connectivity index (χ4n) is 2.01. The van der Waals surface area contributed by atoms with Gasteiger partial charge in [-0.2, -0.15) is 10.4 Å². The molecular formula is C13H10ClN3O. The third-order valence-corrected chi connectivity index (χ3v) is 3.36. The molecule has 2 heterocycles. The summed E-state index contributed by atoms with van der Waals surface area (Å²) in [6.45, 7) is 1.21. The molecule has 0 radical (unpaired) electrons. The van der Waals surface area contributed by atoms with Gasteiger partial charge in [0.2, 0.25) is 0 Å². The van der Waals surface area contributed by atoms with Crippen molar-refractivity contribution < 1.29 is 4.74 Å². The van der Waals surface area contributed by atoms with Crippen LogP contribution in [0.3, 0.4) is 0 Å². The van der Waals surface area contributed by atoms with Crippen molar-refractivity contribution in [3.05, 3.63) is 46.2 Å². The lowest BCUT2D eigenvalue weighted by molar-refractivity contribution is 0.110. The minimum Gasteiger partial charge on any atom is -0.376 e. The summed E-state index contributed by atoms with van der Waals surface area (Å²) >= 11 is 6.31. The number of hydrogen-bond acceptors (Lipinski definition) is 3. The van der Waals surface area contributed by atoms with Gasteiger partial charge in [0.05, 0.1) is 36.2 Å². The second kappa shape index (κ2) is 4.45. The van der Waals surface area contributed by atoms with E-state index in [2.05, 4.69) is 11.2 Å². The Morgan fingerprint density at radius 3 is 2.78 bits per heavy atom. The number of aromatic nitrogens is 2. The van der Waals surface area contributed by atoms with Gasteiger partial charge in [-0.15, -0.1) is 0 Å². The van der Waals surface area contributed by atoms with Crippen molar-refractivity contribution in [2.75, 3.05) is 6.61 Å². The Bertz CT molecular complexity index is 625. The fourth-order valence-corrected chi connectivity index (χ4v) is 2.31. The molecule has 0 fully saturated rings. The minimum absolute atomic E-state index is 0.518. The number of hydrogen-bond donors (Lipinski definition) is 0. The monoisotopic (exact) mass is 259 g/mol. The van der Waals surface area contributed by atoms with Crippen LogP contribution < -0.4 is 0 Å². The van der Waals surface area contributed by atoms with Gasteiger partial charge in [0, 0.05) is 12.0 Å². The molecule has 0 aliphatic carbocycles. The van der Waals surface area contributed by atoms with Crippen molar-refractivity contribution in [3.8, 4) is 11.8 Å². The van der Waals surface area contributed by atoms with Crippen LogP contribution in [0.4, 0.5) is 0 Å². The molecule has 3 rings (SSSR count). The summed E-state index contributed by atoms with van der Waals surface area (Å²) in [5, 5.41) is 13.9. The van der Waals surface area contributed by atoms with Crippen molar-refractivity contribution in [2.24, 2.45) is 0 Å². The molecule has 18 heavy (non-hydrogen) atoms. The molecule has 1 aliphatic heterocycles. The molecule has 0 unspecified atom stereocenters. The standard InChI is InChI=1S/C13H10ClN3O/c14-13-11-8-18-6-5-12(11)16-17(13)10-3-1-9(7-15)2-4-10/h1-4H,5-6,8H2. The molecule has 0 spiro atoms. The average molecular weight is 260 g/mol. The molecule has 1 aromatic carbocycles. The topological polar surface area (TPSA) is 50.8 Å². The zero-order chi connectivity index (χ0) is 12.5. The van der Waals surface area contributed by atoms with Crippen LogP contribution in [-0.2, 0) is 17.8 Å². The molecule has 90 valence electrons. The molecule has 5 heteroatoms. The third kappa shape index (κ3) is 1.78. The molecule has 0 saturated carbocycles. The lowest BCUT2D eigenvalue weighted by atomic mass is 10.2. The lowest BCUT2D eigenvalue weighted by Gasteiger charge is -2.09. The molecular weight excluding hydrogens is 250 g/mol. The zero-order valence-corrected chi connectivity index (χ0v) is 10.3. The summed E-state index contributed by atoms with van der Waals surface area (Å²) in [6, 6.07) is 9.27. The van der Waals surface area contributed by atoms with E-state index in [1.54, 1.807) is 16.8 Å². The number of halogens is 1. The van der Waals surface area contributed by atoms with Crippen LogP contribution in [0.2, 0.25) is 5.15 Å². The first-order valence-corrected chi connectivity index (χ1v) is 6.02. The fraction of sp³-hybridized carbons (Fsp3) is 0.231. The Balaban J connectivity index is 2.06. The van der Waals surface area contributed by atoms with Gasteiger partial charge in [-0.1, -0.05) is 11.6 Å². The number of nitrogens with zero attached hydrogens (tertiary/aromatic N) is 3. The average Bonchev–Trinajstić information content (AvgIpc) is 2.77. The van der Waals surface area contributed by atoms with Gasteiger partial charge in [-0.25, -0.2) is 4.68 Å². The van der Waals surface area contributed by atoms with Gasteiger partial charge < -0.3 is 4.74 Å². The molecule has 0 bridgehead atoms. The van der Waals surface area contributed by atoms with Crippen LogP contribution in [0, 0.1) is 11.3 Å². The van der Waals surface area contributed by atoms with Crippen molar-refractivity contribution in [1.82, 2.24) is 9.78 Å². The van der Waals surface area contributed by atoms with Gasteiger partial charge in [0.25, 0.3) is 0 Å². The lowest BCUT2D eigenvalue weighted by Crippen LogP contribution is -2.08. The van der Waals surface area contributed by atoms with Crippen molar-refractivity contribution in [2.45, 2.75) is 13.0 Å². The van der Waals surface area contributed by atoms with E-state index < -0.39 is 0 Å². The second-order valence-electron chi connectivity index (χ2n) is 4.09. The van der Waals surface area contributed by atoms with E-state index >= 15 is 0 Å². The highest BCUT2D eigenvalue weighted by Crippen LogP contribution is 2.27. The molecule has 0 atom stereocenters. The third-order valence-electron chi connectivity index (χ3n) is 2.97. The zero-order valence-electron chi connectivity index (χ0n) is 9.56. The quantitative estimate of drug-likeness (QED) is 0.791. The summed E-state index contributed by atoms with van der Waals surface area (Å²) in [5.74, 6) is 0. The Morgan fingerprint density at radius 1 is 1.33 bits per heavy atom. The van der Waals surface area contributed by atoms with Crippen LogP contribution in [0.5, 0.6) is 0 Å². The molecule has 0 saturated heterocycles. The summed E-state index contributed by atoms with van der Waals surface area (Å²) < 4.78 is 7.08. The van der Waals surface area contributed by atoms with Crippen LogP contribution >= 0.6 is 11.6 Å². The van der Waals surface area contributed by atoms with Crippen LogP contribution in [0.25, 0.3) is 5.69 Å². The van der Waals surface area contributed by atoms with E-state index in [-0.39, 0.29) is 0 Å². The molecule has 1 aromatic heterocycles. The number of nitriles is 1. The summed E-state index contributed by atoms with van der Waals surface area (Å²) in [4.78, 5) is 0. The van der Waals surface area contributed by atoms with Gasteiger partial charge in [0.1, 0.15) is 5.15 Å². The van der Waals surface area contributed by atoms with Gasteiger partial charge in [-0.05, 0) is 24.3 Å². The van der Waals surface area contributed by atoms with E-state index in [0.29, 0.717) is 23.9 Å². The predicted octanol–water partition coefficient (Wildman–Crippen LogP) is 2.47. The highest BCUT2D eigenvalue weighted by Gasteiger charge is 2.20. The largest absolute Gasteiger partial charge is 0.376 e. The van der Waals surface area contributed by atoms with Gasteiger partial charge >= 0.3 is 0 Å². The highest BCUT2D eigenvalue weighted by molar-refractivity contribution is 6.30. The molecule has 0 amide bonds. The summed E-state index contributed by atoms with van der Waals surface area (Å²) in [7, 11) is 0. The van der Waals surface area contributed by atoms with E-state index in [1.165, 1.54) is 0 Å². The van der Waals surface area contributed by atoms with Crippen molar-refractivity contribution in [1.29, 1.82) is 5.26 Å². The van der Waals surface area contributed by atoms with Crippen LogP contribution in [-0.4, -0.2) is 16.4 Å². The number of fused-ring (bicyclic) bond motifs is 1. The Kier molecular flexibility index (Phi) is 2.78. The summed E-state index contributed by atoms with van der Waals surface area (Å²) in [5.41, 5.74) is 3.44. The van der Waals surface area contributed by atoms with Gasteiger partial charge in [0.15, 0.2) is 0 Å². The number of rotatable bonds is 1. The van der Waals surface area contributed by atoms with E-state index in [4.69, 9.17) is 21.6 Å². The Labute approximate surface area is 109 Å².